The maximum atomic E-state index is 11.8. The molecular weight excluding hydrogens is 298 g/mol. The number of thiophene rings is 1. The Bertz CT molecular complexity index is 989. The summed E-state index contributed by atoms with van der Waals surface area (Å²) in [6, 6.07) is 7.75. The van der Waals surface area contributed by atoms with E-state index >= 15 is 0 Å². The van der Waals surface area contributed by atoms with Gasteiger partial charge < -0.3 is 4.74 Å². The van der Waals surface area contributed by atoms with E-state index in [0.29, 0.717) is 0 Å². The zero-order valence-corrected chi connectivity index (χ0v) is 12.5. The van der Waals surface area contributed by atoms with Crippen molar-refractivity contribution in [2.75, 3.05) is 7.11 Å². The summed E-state index contributed by atoms with van der Waals surface area (Å²) in [5.41, 5.74) is 4.16. The van der Waals surface area contributed by atoms with Gasteiger partial charge in [-0.1, -0.05) is 0 Å². The quantitative estimate of drug-likeness (QED) is 0.533. The van der Waals surface area contributed by atoms with Crippen LogP contribution in [0, 0.1) is 0 Å². The van der Waals surface area contributed by atoms with Crippen molar-refractivity contribution in [3.63, 3.8) is 0 Å². The minimum absolute atomic E-state index is 0.286. The van der Waals surface area contributed by atoms with Crippen molar-refractivity contribution in [2.24, 2.45) is 0 Å². The van der Waals surface area contributed by atoms with E-state index in [-0.39, 0.29) is 5.69 Å². The molecular formula is C16H11N3O2S. The Balaban J connectivity index is 2.14. The van der Waals surface area contributed by atoms with Crippen LogP contribution < -0.4 is 0 Å². The second-order valence-corrected chi connectivity index (χ2v) is 5.56. The number of ether oxygens (including phenoxy) is 1. The minimum atomic E-state index is -0.447. The predicted molar refractivity (Wildman–Crippen MR) is 85.1 cm³/mol. The fourth-order valence-electron chi connectivity index (χ4n) is 2.63. The highest BCUT2D eigenvalue weighted by Gasteiger charge is 2.17. The Morgan fingerprint density at radius 1 is 1.32 bits per heavy atom. The van der Waals surface area contributed by atoms with Crippen molar-refractivity contribution in [1.82, 2.24) is 14.4 Å². The number of methoxy groups -OCH3 is 1. The molecule has 0 saturated heterocycles. The van der Waals surface area contributed by atoms with Crippen LogP contribution in [0.4, 0.5) is 0 Å². The second kappa shape index (κ2) is 4.92. The summed E-state index contributed by atoms with van der Waals surface area (Å²) in [6.45, 7) is 0. The number of carbonyl (C=O) groups excluding carboxylic acids is 1. The highest BCUT2D eigenvalue weighted by Crippen LogP contribution is 2.35. The number of pyridine rings is 1. The van der Waals surface area contributed by atoms with Gasteiger partial charge in [0.1, 0.15) is 12.0 Å². The van der Waals surface area contributed by atoms with Gasteiger partial charge in [0.15, 0.2) is 5.69 Å². The number of rotatable bonds is 2. The van der Waals surface area contributed by atoms with E-state index in [9.17, 15) is 4.79 Å². The molecule has 0 N–H and O–H groups in total. The first-order valence-corrected chi connectivity index (χ1v) is 7.59. The van der Waals surface area contributed by atoms with Gasteiger partial charge in [0.2, 0.25) is 0 Å². The van der Waals surface area contributed by atoms with Crippen LogP contribution in [0.25, 0.3) is 27.7 Å². The number of carbonyl (C=O) groups is 1. The molecule has 5 nitrogen and oxygen atoms in total. The molecule has 22 heavy (non-hydrogen) atoms. The Morgan fingerprint density at radius 2 is 2.23 bits per heavy atom. The van der Waals surface area contributed by atoms with E-state index in [1.807, 2.05) is 21.9 Å². The van der Waals surface area contributed by atoms with E-state index in [0.717, 1.165) is 27.7 Å². The lowest BCUT2D eigenvalue weighted by atomic mass is 10.1. The summed E-state index contributed by atoms with van der Waals surface area (Å²) < 4.78 is 6.66. The van der Waals surface area contributed by atoms with Crippen molar-refractivity contribution in [3.8, 4) is 11.1 Å². The molecule has 0 fully saturated rings. The van der Waals surface area contributed by atoms with Gasteiger partial charge in [-0.2, -0.15) is 11.3 Å². The van der Waals surface area contributed by atoms with Crippen molar-refractivity contribution in [1.29, 1.82) is 0 Å². The van der Waals surface area contributed by atoms with Gasteiger partial charge in [0.05, 0.1) is 12.6 Å². The number of nitrogens with zero attached hydrogens (tertiary/aromatic N) is 3. The topological polar surface area (TPSA) is 56.5 Å². The first-order valence-electron chi connectivity index (χ1n) is 6.65. The summed E-state index contributed by atoms with van der Waals surface area (Å²) in [4.78, 5) is 20.4. The van der Waals surface area contributed by atoms with Crippen LogP contribution in [0.3, 0.4) is 0 Å². The smallest absolute Gasteiger partial charge is 0.356 e. The lowest BCUT2D eigenvalue weighted by Gasteiger charge is -2.01. The summed E-state index contributed by atoms with van der Waals surface area (Å²) in [7, 11) is 1.35. The standard InChI is InChI=1S/C16H11N3O2S/c1-21-16(20)12-7-13-14(10-4-6-22-8-10)11-3-2-5-17-15(11)19(13)9-18-12/h2-9H,1H3. The van der Waals surface area contributed by atoms with Crippen LogP contribution in [-0.4, -0.2) is 27.4 Å². The molecule has 4 aromatic heterocycles. The van der Waals surface area contributed by atoms with Gasteiger partial charge in [-0.05, 0) is 40.6 Å². The van der Waals surface area contributed by atoms with Crippen LogP contribution in [0.5, 0.6) is 0 Å². The fourth-order valence-corrected chi connectivity index (χ4v) is 3.27. The van der Waals surface area contributed by atoms with Gasteiger partial charge in [0.25, 0.3) is 0 Å². The van der Waals surface area contributed by atoms with Crippen molar-refractivity contribution < 1.29 is 9.53 Å². The maximum Gasteiger partial charge on any atom is 0.356 e. The molecule has 108 valence electrons. The van der Waals surface area contributed by atoms with Crippen molar-refractivity contribution >= 4 is 33.9 Å². The third kappa shape index (κ3) is 1.81. The second-order valence-electron chi connectivity index (χ2n) is 4.78. The van der Waals surface area contributed by atoms with Crippen molar-refractivity contribution in [2.45, 2.75) is 0 Å². The number of fused-ring (bicyclic) bond motifs is 3. The molecule has 0 aliphatic rings. The first kappa shape index (κ1) is 13.0. The maximum absolute atomic E-state index is 11.8. The molecule has 0 aliphatic heterocycles. The van der Waals surface area contributed by atoms with E-state index in [1.54, 1.807) is 29.9 Å². The third-order valence-electron chi connectivity index (χ3n) is 3.59. The highest BCUT2D eigenvalue weighted by atomic mass is 32.1. The summed E-state index contributed by atoms with van der Waals surface area (Å²) in [5.74, 6) is -0.447. The molecule has 0 bridgehead atoms. The fraction of sp³-hybridized carbons (Fsp3) is 0.0625. The molecule has 0 saturated carbocycles. The Hall–Kier alpha value is -2.73. The Kier molecular flexibility index (Phi) is 2.90. The lowest BCUT2D eigenvalue weighted by molar-refractivity contribution is 0.0594. The number of hydrogen-bond acceptors (Lipinski definition) is 5. The molecule has 4 rings (SSSR count). The van der Waals surface area contributed by atoms with Gasteiger partial charge in [-0.25, -0.2) is 14.8 Å². The van der Waals surface area contributed by atoms with E-state index < -0.39 is 5.97 Å². The van der Waals surface area contributed by atoms with Crippen LogP contribution in [0.1, 0.15) is 10.5 Å². The SMILES string of the molecule is COC(=O)c1cc2c(-c3ccsc3)c3cccnc3n2cn1. The molecule has 0 amide bonds. The van der Waals surface area contributed by atoms with E-state index in [2.05, 4.69) is 21.4 Å². The third-order valence-corrected chi connectivity index (χ3v) is 4.27. The summed E-state index contributed by atoms with van der Waals surface area (Å²) >= 11 is 1.63. The molecule has 0 atom stereocenters. The average Bonchev–Trinajstić information content (AvgIpc) is 3.18. The van der Waals surface area contributed by atoms with Crippen LogP contribution in [-0.2, 0) is 4.74 Å². The molecule has 6 heteroatoms. The zero-order valence-electron chi connectivity index (χ0n) is 11.7. The minimum Gasteiger partial charge on any atom is -0.464 e. The average molecular weight is 309 g/mol. The van der Waals surface area contributed by atoms with Crippen LogP contribution in [0.2, 0.25) is 0 Å². The Labute approximate surface area is 129 Å². The lowest BCUT2D eigenvalue weighted by Crippen LogP contribution is -2.05. The predicted octanol–water partition coefficient (Wildman–Crippen LogP) is 3.40. The molecule has 0 spiro atoms. The van der Waals surface area contributed by atoms with Gasteiger partial charge in [-0.3, -0.25) is 4.40 Å². The van der Waals surface area contributed by atoms with Crippen molar-refractivity contribution in [3.05, 3.63) is 53.2 Å². The first-order chi connectivity index (χ1) is 10.8. The zero-order chi connectivity index (χ0) is 15.1. The number of aromatic nitrogens is 3. The normalized spacial score (nSPS) is 11.1. The number of esters is 1. The molecule has 0 aromatic carbocycles. The molecule has 4 aromatic rings. The van der Waals surface area contributed by atoms with Gasteiger partial charge in [-0.15, -0.1) is 0 Å². The van der Waals surface area contributed by atoms with Crippen LogP contribution >= 0.6 is 11.3 Å². The molecule has 0 radical (unpaired) electrons. The Morgan fingerprint density at radius 3 is 3.00 bits per heavy atom. The molecule has 0 unspecified atom stereocenters. The summed E-state index contributed by atoms with van der Waals surface area (Å²) in [5, 5.41) is 5.15. The highest BCUT2D eigenvalue weighted by molar-refractivity contribution is 7.08. The largest absolute Gasteiger partial charge is 0.464 e. The summed E-state index contributed by atoms with van der Waals surface area (Å²) in [6.07, 6.45) is 3.37. The molecule has 0 aliphatic carbocycles. The van der Waals surface area contributed by atoms with E-state index in [4.69, 9.17) is 4.74 Å². The number of hydrogen-bond donors (Lipinski definition) is 0. The van der Waals surface area contributed by atoms with Gasteiger partial charge in [0, 0.05) is 17.1 Å². The van der Waals surface area contributed by atoms with Crippen LogP contribution in [0.15, 0.2) is 47.5 Å². The monoisotopic (exact) mass is 309 g/mol. The van der Waals surface area contributed by atoms with Gasteiger partial charge >= 0.3 is 5.97 Å². The van der Waals surface area contributed by atoms with E-state index in [1.165, 1.54) is 7.11 Å². The molecule has 4 heterocycles.